The summed E-state index contributed by atoms with van der Waals surface area (Å²) in [5, 5.41) is 0.781. The van der Waals surface area contributed by atoms with Crippen molar-refractivity contribution >= 4 is 16.5 Å². The molecule has 0 unspecified atom stereocenters. The number of nitrogens with two attached hydrogens (primary N) is 1. The molecule has 0 amide bonds. The molecule has 1 aromatic rings. The van der Waals surface area contributed by atoms with Gasteiger partial charge in [0, 0.05) is 30.2 Å². The molecule has 0 aliphatic rings. The highest BCUT2D eigenvalue weighted by Crippen LogP contribution is 2.20. The van der Waals surface area contributed by atoms with Gasteiger partial charge in [-0.2, -0.15) is 0 Å². The number of thiazole rings is 1. The van der Waals surface area contributed by atoms with Crippen molar-refractivity contribution < 1.29 is 0 Å². The van der Waals surface area contributed by atoms with Gasteiger partial charge >= 0.3 is 0 Å². The molecule has 0 saturated heterocycles. The molecule has 0 bridgehead atoms. The molecule has 0 aromatic carbocycles. The van der Waals surface area contributed by atoms with Gasteiger partial charge in [0.2, 0.25) is 0 Å². The van der Waals surface area contributed by atoms with Gasteiger partial charge in [0.25, 0.3) is 0 Å². The highest BCUT2D eigenvalue weighted by atomic mass is 32.1. The number of rotatable bonds is 6. The smallest absolute Gasteiger partial charge is 0.197 e. The third-order valence-corrected chi connectivity index (χ3v) is 3.28. The second-order valence-electron chi connectivity index (χ2n) is 4.69. The average molecular weight is 242 g/mol. The van der Waals surface area contributed by atoms with Gasteiger partial charge in [-0.3, -0.25) is 10.3 Å². The van der Waals surface area contributed by atoms with Crippen molar-refractivity contribution in [3.8, 4) is 0 Å². The summed E-state index contributed by atoms with van der Waals surface area (Å²) in [5.74, 6) is 6.00. The lowest BCUT2D eigenvalue weighted by atomic mass is 10.2. The predicted molar refractivity (Wildman–Crippen MR) is 70.3 cm³/mol. The Bertz CT molecular complexity index is 309. The maximum absolute atomic E-state index is 5.32. The van der Waals surface area contributed by atoms with Crippen molar-refractivity contribution in [2.75, 3.05) is 12.0 Å². The molecule has 92 valence electrons. The minimum absolute atomic E-state index is 0.554. The van der Waals surface area contributed by atoms with Gasteiger partial charge in [0.15, 0.2) is 5.13 Å². The maximum Gasteiger partial charge on any atom is 0.197 e. The third kappa shape index (κ3) is 4.08. The normalized spacial score (nSPS) is 11.8. The minimum atomic E-state index is 0.554. The molecule has 3 N–H and O–H groups in total. The van der Waals surface area contributed by atoms with E-state index in [1.807, 2.05) is 6.20 Å². The first-order valence-corrected chi connectivity index (χ1v) is 6.50. The van der Waals surface area contributed by atoms with Crippen molar-refractivity contribution in [2.45, 2.75) is 40.3 Å². The zero-order chi connectivity index (χ0) is 12.1. The first-order valence-electron chi connectivity index (χ1n) is 5.68. The zero-order valence-corrected chi connectivity index (χ0v) is 11.3. The summed E-state index contributed by atoms with van der Waals surface area (Å²) in [6.07, 6.45) is 1.90. The third-order valence-electron chi connectivity index (χ3n) is 2.37. The van der Waals surface area contributed by atoms with Crippen LogP contribution in [0.3, 0.4) is 0 Å². The quantitative estimate of drug-likeness (QED) is 0.593. The second kappa shape index (κ2) is 6.18. The molecule has 0 atom stereocenters. The Balaban J connectivity index is 2.60. The van der Waals surface area contributed by atoms with Gasteiger partial charge in [-0.15, -0.1) is 0 Å². The van der Waals surface area contributed by atoms with Gasteiger partial charge in [0.05, 0.1) is 0 Å². The number of nitrogen functional groups attached to an aromatic ring is 1. The van der Waals surface area contributed by atoms with Crippen LogP contribution in [0.15, 0.2) is 6.20 Å². The van der Waals surface area contributed by atoms with Gasteiger partial charge in [-0.1, -0.05) is 25.2 Å². The lowest BCUT2D eigenvalue weighted by molar-refractivity contribution is 0.191. The highest BCUT2D eigenvalue weighted by molar-refractivity contribution is 7.15. The summed E-state index contributed by atoms with van der Waals surface area (Å²) in [5.41, 5.74) is 2.58. The second-order valence-corrected chi connectivity index (χ2v) is 5.81. The molecule has 0 spiro atoms. The molecule has 5 heteroatoms. The fourth-order valence-corrected chi connectivity index (χ4v) is 2.32. The minimum Gasteiger partial charge on any atom is -0.300 e. The number of nitrogens with zero attached hydrogens (tertiary/aromatic N) is 2. The van der Waals surface area contributed by atoms with Crippen molar-refractivity contribution in [2.24, 2.45) is 11.8 Å². The van der Waals surface area contributed by atoms with Gasteiger partial charge in [-0.25, -0.2) is 10.8 Å². The molecule has 0 aliphatic heterocycles. The Morgan fingerprint density at radius 1 is 1.44 bits per heavy atom. The molecule has 0 aliphatic carbocycles. The summed E-state index contributed by atoms with van der Waals surface area (Å²) in [7, 11) is 0. The summed E-state index contributed by atoms with van der Waals surface area (Å²) in [4.78, 5) is 7.89. The van der Waals surface area contributed by atoms with Crippen LogP contribution in [-0.4, -0.2) is 22.5 Å². The van der Waals surface area contributed by atoms with Crippen LogP contribution in [0.4, 0.5) is 5.13 Å². The molecule has 1 aromatic heterocycles. The van der Waals surface area contributed by atoms with E-state index < -0.39 is 0 Å². The lowest BCUT2D eigenvalue weighted by Gasteiger charge is -2.27. The number of aromatic nitrogens is 1. The Hall–Kier alpha value is -0.650. The van der Waals surface area contributed by atoms with Crippen LogP contribution in [0.25, 0.3) is 0 Å². The fourth-order valence-electron chi connectivity index (χ4n) is 1.57. The van der Waals surface area contributed by atoms with Crippen molar-refractivity contribution in [1.82, 2.24) is 9.88 Å². The van der Waals surface area contributed by atoms with E-state index in [0.29, 0.717) is 12.0 Å². The Kier molecular flexibility index (Phi) is 5.18. The van der Waals surface area contributed by atoms with E-state index in [0.717, 1.165) is 18.2 Å². The Morgan fingerprint density at radius 2 is 2.12 bits per heavy atom. The Labute approximate surface area is 102 Å². The van der Waals surface area contributed by atoms with E-state index in [9.17, 15) is 0 Å². The monoisotopic (exact) mass is 242 g/mol. The highest BCUT2D eigenvalue weighted by Gasteiger charge is 2.13. The summed E-state index contributed by atoms with van der Waals surface area (Å²) in [6.45, 7) is 11.0. The van der Waals surface area contributed by atoms with E-state index >= 15 is 0 Å². The average Bonchev–Trinajstić information content (AvgIpc) is 2.63. The van der Waals surface area contributed by atoms with E-state index in [1.54, 1.807) is 11.3 Å². The number of anilines is 1. The molecule has 4 nitrogen and oxygen atoms in total. The Morgan fingerprint density at radius 3 is 2.56 bits per heavy atom. The maximum atomic E-state index is 5.32. The molecule has 0 radical (unpaired) electrons. The van der Waals surface area contributed by atoms with Gasteiger partial charge < -0.3 is 0 Å². The van der Waals surface area contributed by atoms with Gasteiger partial charge in [0.1, 0.15) is 0 Å². The van der Waals surface area contributed by atoms with Crippen LogP contribution < -0.4 is 11.3 Å². The molecular formula is C11H22N4S. The summed E-state index contributed by atoms with van der Waals surface area (Å²) >= 11 is 1.62. The predicted octanol–water partition coefficient (Wildman–Crippen LogP) is 2.30. The molecule has 1 rings (SSSR count). The van der Waals surface area contributed by atoms with Crippen molar-refractivity contribution in [3.63, 3.8) is 0 Å². The van der Waals surface area contributed by atoms with Crippen molar-refractivity contribution in [1.29, 1.82) is 0 Å². The van der Waals surface area contributed by atoms with Gasteiger partial charge in [-0.05, 0) is 19.8 Å². The molecule has 0 saturated carbocycles. The van der Waals surface area contributed by atoms with E-state index in [2.05, 4.69) is 43.0 Å². The van der Waals surface area contributed by atoms with Crippen LogP contribution in [0.5, 0.6) is 0 Å². The molecule has 1 heterocycles. The lowest BCUT2D eigenvalue weighted by Crippen LogP contribution is -2.33. The zero-order valence-electron chi connectivity index (χ0n) is 10.5. The van der Waals surface area contributed by atoms with Crippen molar-refractivity contribution in [3.05, 3.63) is 11.1 Å². The first kappa shape index (κ1) is 13.4. The standard InChI is InChI=1S/C11H22N4S/c1-8(2)6-15(9(3)4)7-10-5-13-11(14-12)16-10/h5,8-9H,6-7,12H2,1-4H3,(H,13,14). The van der Waals surface area contributed by atoms with E-state index in [-0.39, 0.29) is 0 Å². The topological polar surface area (TPSA) is 54.2 Å². The first-order chi connectivity index (χ1) is 7.52. The fraction of sp³-hybridized carbons (Fsp3) is 0.727. The summed E-state index contributed by atoms with van der Waals surface area (Å²) in [6, 6.07) is 0.554. The number of hydrogen-bond donors (Lipinski definition) is 2. The van der Waals surface area contributed by atoms with Crippen LogP contribution in [0.2, 0.25) is 0 Å². The number of nitrogens with one attached hydrogen (secondary N) is 1. The van der Waals surface area contributed by atoms with Crippen LogP contribution in [-0.2, 0) is 6.54 Å². The van der Waals surface area contributed by atoms with E-state index in [1.165, 1.54) is 4.88 Å². The number of hydrogen-bond acceptors (Lipinski definition) is 5. The summed E-state index contributed by atoms with van der Waals surface area (Å²) < 4.78 is 0. The number of hydrazine groups is 1. The molecular weight excluding hydrogens is 220 g/mol. The van der Waals surface area contributed by atoms with Crippen LogP contribution in [0, 0.1) is 5.92 Å². The van der Waals surface area contributed by atoms with Crippen LogP contribution >= 0.6 is 11.3 Å². The molecule has 0 fully saturated rings. The van der Waals surface area contributed by atoms with Crippen LogP contribution in [0.1, 0.15) is 32.6 Å². The van der Waals surface area contributed by atoms with E-state index in [4.69, 9.17) is 5.84 Å². The molecule has 16 heavy (non-hydrogen) atoms. The largest absolute Gasteiger partial charge is 0.300 e. The SMILES string of the molecule is CC(C)CN(Cc1cnc(NN)s1)C(C)C.